The first-order chi connectivity index (χ1) is 63.6. The third kappa shape index (κ3) is 12.4. The maximum absolute atomic E-state index is 5.25. The van der Waals surface area contributed by atoms with Crippen molar-refractivity contribution in [3.63, 3.8) is 0 Å². The van der Waals surface area contributed by atoms with Crippen LogP contribution in [0.25, 0.3) is 0 Å². The standard InChI is InChI=1S/2C63H65N5.Pd.Pt/c2*1-57(2,3)36-29-45-53-46(30-36)61(11,12)41-22-19-27-64-55(41)67(53)50-33-38(25-26-40(50)60(45,9)10)66-49-24-18-17-21-39(49)59(7,8)43-34-44-52(35-51(43)66)68-54-47(62(13,14)42-23-20-28-65-56(42)68)31-37(58(4,5)6)32-48(54)63(44,15)16;;/h2*17-32,34H,1-16H3;;/q2*-2;2*+2. The Labute approximate surface area is 849 Å². The van der Waals surface area contributed by atoms with Gasteiger partial charge in [0.1, 0.15) is 23.3 Å². The Kier molecular flexibility index (Phi) is 19.8. The third-order valence-electron chi connectivity index (χ3n) is 34.3. The van der Waals surface area contributed by atoms with Crippen LogP contribution in [0.15, 0.2) is 207 Å². The van der Waals surface area contributed by atoms with Gasteiger partial charge in [-0.1, -0.05) is 376 Å². The fourth-order valence-electron chi connectivity index (χ4n) is 25.4. The molecule has 24 rings (SSSR count). The molecule has 14 aromatic rings. The zero-order chi connectivity index (χ0) is 96.4. The molecule has 0 N–H and O–H groups in total. The van der Waals surface area contributed by atoms with E-state index in [1.807, 2.05) is 24.8 Å². The first kappa shape index (κ1) is 93.3. The normalized spacial score (nSPS) is 18.5. The molecule has 0 aliphatic carbocycles. The molecule has 138 heavy (non-hydrogen) atoms. The molecule has 0 atom stereocenters. The fourth-order valence-corrected chi connectivity index (χ4v) is 25.4. The zero-order valence-electron chi connectivity index (χ0n) is 86.7. The van der Waals surface area contributed by atoms with E-state index in [0.717, 1.165) is 80.1 Å². The number of para-hydroxylation sites is 2. The minimum atomic E-state index is -0.340. The van der Waals surface area contributed by atoms with Crippen LogP contribution in [-0.4, -0.2) is 19.9 Å². The monoisotopic (exact) mass is 2080 g/mol. The second-order valence-electron chi connectivity index (χ2n) is 50.3. The summed E-state index contributed by atoms with van der Waals surface area (Å²) in [7, 11) is 0. The van der Waals surface area contributed by atoms with Gasteiger partial charge in [-0.05, 0) is 168 Å². The number of aromatic nitrogens is 4. The maximum Gasteiger partial charge on any atom is 2.00 e. The quantitative estimate of drug-likeness (QED) is 0.123. The number of anilines is 18. The number of rotatable bonds is 2. The number of pyridine rings is 4. The molecule has 0 saturated heterocycles. The van der Waals surface area contributed by atoms with E-state index in [1.165, 1.54) is 156 Å². The minimum absolute atomic E-state index is 0. The summed E-state index contributed by atoms with van der Waals surface area (Å²) in [6.07, 6.45) is 7.82. The van der Waals surface area contributed by atoms with Crippen molar-refractivity contribution < 1.29 is 41.5 Å². The maximum atomic E-state index is 5.25. The van der Waals surface area contributed by atoms with Crippen LogP contribution in [-0.2, 0) is 117 Å². The molecule has 0 unspecified atom stereocenters. The minimum Gasteiger partial charge on any atom is -0.358 e. The van der Waals surface area contributed by atoms with Crippen molar-refractivity contribution in [3.05, 3.63) is 365 Å². The van der Waals surface area contributed by atoms with Crippen molar-refractivity contribution in [1.29, 1.82) is 0 Å². The van der Waals surface area contributed by atoms with Crippen LogP contribution in [0, 0.1) is 24.3 Å². The molecule has 0 amide bonds. The summed E-state index contributed by atoms with van der Waals surface area (Å²) < 4.78 is 0. The van der Waals surface area contributed by atoms with E-state index in [1.54, 1.807) is 0 Å². The number of fused-ring (bicyclic) bond motifs is 20. The smallest absolute Gasteiger partial charge is 0.358 e. The molecule has 0 bridgehead atoms. The van der Waals surface area contributed by atoms with E-state index < -0.39 is 0 Å². The SMILES string of the molecule is CC(C)(C)c1cc2c3c(c1)C(C)(C)c1cccnc1N3c1[c-]c(N3c4[c-]c5c(cc4C(C)(C)c4ccccc43)C(C)(C)c3cc(C(C)(C)C)cc4c3N5c3ncccc3C4(C)C)ccc1C2(C)C.CC(C)(C)c1cc2c3c(c1)C(C)(C)c1cccnc1N3c1[c-]c(N3c4[c-]c5c(cc4C(C)(C)c4ccccc43)C(C)(C)c3cc(C(C)(C)C)cc4c3N5c3ncccc3C4(C)C)ccc1C2(C)C.[Pd+2].[Pt+2]. The molecular weight excluding hydrogens is 1950 g/mol. The molecule has 704 valence electrons. The Morgan fingerprint density at radius 2 is 0.399 bits per heavy atom. The van der Waals surface area contributed by atoms with Crippen molar-refractivity contribution >= 4 is 103 Å². The van der Waals surface area contributed by atoms with Crippen molar-refractivity contribution in [3.8, 4) is 0 Å². The van der Waals surface area contributed by atoms with Gasteiger partial charge in [-0.25, -0.2) is 19.9 Å². The Morgan fingerprint density at radius 3 is 0.638 bits per heavy atom. The van der Waals surface area contributed by atoms with Gasteiger partial charge in [0, 0.05) is 80.1 Å². The number of nitrogens with zero attached hydrogens (tertiary/aromatic N) is 10. The predicted octanol–water partition coefficient (Wildman–Crippen LogP) is 32.6. The van der Waals surface area contributed by atoms with Gasteiger partial charge in [0.05, 0.1) is 22.7 Å². The summed E-state index contributed by atoms with van der Waals surface area (Å²) in [5.41, 5.74) is 43.4. The Hall–Kier alpha value is -11.0. The summed E-state index contributed by atoms with van der Waals surface area (Å²) in [4.78, 5) is 35.7. The summed E-state index contributed by atoms with van der Waals surface area (Å²) >= 11 is 0. The first-order valence-electron chi connectivity index (χ1n) is 49.5. The molecule has 0 fully saturated rings. The Balaban J connectivity index is 0.000000162. The van der Waals surface area contributed by atoms with Gasteiger partial charge in [0.25, 0.3) is 0 Å². The average Bonchev–Trinajstić information content (AvgIpc) is 0.680. The van der Waals surface area contributed by atoms with Crippen LogP contribution in [0.4, 0.5) is 103 Å². The number of hydrogen-bond donors (Lipinski definition) is 0. The zero-order valence-corrected chi connectivity index (χ0v) is 90.6. The van der Waals surface area contributed by atoms with Gasteiger partial charge in [0.15, 0.2) is 0 Å². The summed E-state index contributed by atoms with van der Waals surface area (Å²) in [5.74, 6) is 3.92. The van der Waals surface area contributed by atoms with E-state index in [0.29, 0.717) is 0 Å². The van der Waals surface area contributed by atoms with E-state index >= 15 is 0 Å². The van der Waals surface area contributed by atoms with Gasteiger partial charge in [-0.3, -0.25) is 0 Å². The van der Waals surface area contributed by atoms with Crippen molar-refractivity contribution in [1.82, 2.24) is 19.9 Å². The van der Waals surface area contributed by atoms with Crippen LogP contribution in [0.3, 0.4) is 0 Å². The summed E-state index contributed by atoms with van der Waals surface area (Å²) in [5, 5.41) is 0. The van der Waals surface area contributed by atoms with Crippen molar-refractivity contribution in [2.45, 2.75) is 297 Å². The molecule has 0 spiro atoms. The van der Waals surface area contributed by atoms with Crippen molar-refractivity contribution in [2.75, 3.05) is 29.4 Å². The first-order valence-corrected chi connectivity index (χ1v) is 49.5. The van der Waals surface area contributed by atoms with Crippen LogP contribution in [0.1, 0.15) is 355 Å². The molecule has 0 saturated carbocycles. The number of benzene rings is 10. The molecule has 10 aromatic carbocycles. The average molecular weight is 2090 g/mol. The van der Waals surface area contributed by atoms with Crippen LogP contribution in [0.5, 0.6) is 0 Å². The molecule has 4 aromatic heterocycles. The molecule has 14 heterocycles. The van der Waals surface area contributed by atoms with Gasteiger partial charge in [-0.15, -0.1) is 69.8 Å². The largest absolute Gasteiger partial charge is 2.00 e. The van der Waals surface area contributed by atoms with E-state index in [4.69, 9.17) is 19.9 Å². The molecule has 0 radical (unpaired) electrons. The molecule has 10 aliphatic heterocycles. The van der Waals surface area contributed by atoms with Crippen molar-refractivity contribution in [2.24, 2.45) is 0 Å². The molecule has 10 aliphatic rings. The van der Waals surface area contributed by atoms with Crippen LogP contribution in [0.2, 0.25) is 0 Å². The third-order valence-corrected chi connectivity index (χ3v) is 34.3. The van der Waals surface area contributed by atoms with Gasteiger partial charge in [-0.2, -0.15) is 24.3 Å². The topological polar surface area (TPSA) is 71.0 Å². The Bertz CT molecular complexity index is 7160. The molecule has 10 nitrogen and oxygen atoms in total. The Morgan fingerprint density at radius 1 is 0.203 bits per heavy atom. The fraction of sp³-hybridized carbons (Fsp3) is 0.365. The van der Waals surface area contributed by atoms with E-state index in [-0.39, 0.29) is 117 Å². The van der Waals surface area contributed by atoms with Gasteiger partial charge >= 0.3 is 41.5 Å². The van der Waals surface area contributed by atoms with Gasteiger partial charge in [0.2, 0.25) is 0 Å². The van der Waals surface area contributed by atoms with Gasteiger partial charge < -0.3 is 29.4 Å². The second kappa shape index (κ2) is 29.3. The number of hydrogen-bond acceptors (Lipinski definition) is 10. The molecule has 12 heteroatoms. The van der Waals surface area contributed by atoms with Crippen LogP contribution >= 0.6 is 0 Å². The van der Waals surface area contributed by atoms with Crippen LogP contribution < -0.4 is 29.4 Å². The second-order valence-corrected chi connectivity index (χ2v) is 50.3. The molecular formula is C126H130N10PdPt. The van der Waals surface area contributed by atoms with E-state index in [9.17, 15) is 0 Å². The van der Waals surface area contributed by atoms with E-state index in [2.05, 4.69) is 457 Å². The summed E-state index contributed by atoms with van der Waals surface area (Å²) in [6, 6.07) is 86.7. The predicted molar refractivity (Wildman–Crippen MR) is 564 cm³/mol. The summed E-state index contributed by atoms with van der Waals surface area (Å²) in [6.45, 7) is 75.9.